The third-order valence-electron chi connectivity index (χ3n) is 4.92. The Morgan fingerprint density at radius 2 is 1.42 bits per heavy atom. The number of benzene rings is 2. The summed E-state index contributed by atoms with van der Waals surface area (Å²) in [6.07, 6.45) is -0.908. The first kappa shape index (κ1) is 22.7. The van der Waals surface area contributed by atoms with Crippen LogP contribution in [0.3, 0.4) is 0 Å². The molecule has 33 heavy (non-hydrogen) atoms. The Morgan fingerprint density at radius 3 is 2.03 bits per heavy atom. The van der Waals surface area contributed by atoms with Crippen LogP contribution < -0.4 is 0 Å². The molecule has 0 bridgehead atoms. The topological polar surface area (TPSA) is 33.1 Å². The van der Waals surface area contributed by atoms with Gasteiger partial charge in [0.25, 0.3) is 0 Å². The summed E-state index contributed by atoms with van der Waals surface area (Å²) in [6, 6.07) is 14.6. The smallest absolute Gasteiger partial charge is 0.395 e. The van der Waals surface area contributed by atoms with Gasteiger partial charge >= 0.3 is 6.18 Å². The number of alkyl halides is 3. The summed E-state index contributed by atoms with van der Waals surface area (Å²) in [5, 5.41) is 9.13. The van der Waals surface area contributed by atoms with Crippen molar-refractivity contribution in [1.82, 2.24) is 4.98 Å². The highest BCUT2D eigenvalue weighted by Crippen LogP contribution is 2.48. The Bertz CT molecular complexity index is 1300. The second-order valence-electron chi connectivity index (χ2n) is 7.10. The normalized spacial score (nSPS) is 11.2. The summed E-state index contributed by atoms with van der Waals surface area (Å²) in [4.78, 5) is 5.52. The van der Waals surface area contributed by atoms with Crippen LogP contribution in [0, 0.1) is 17.7 Å². The van der Waals surface area contributed by atoms with E-state index in [1.54, 1.807) is 24.5 Å². The number of aliphatic hydroxyl groups excluding tert-OH is 1. The van der Waals surface area contributed by atoms with Crippen molar-refractivity contribution in [3.05, 3.63) is 89.3 Å². The van der Waals surface area contributed by atoms with Crippen molar-refractivity contribution in [2.75, 3.05) is 6.61 Å². The first-order valence-corrected chi connectivity index (χ1v) is 10.8. The predicted octanol–water partition coefficient (Wildman–Crippen LogP) is 7.04. The minimum absolute atomic E-state index is 0.101. The van der Waals surface area contributed by atoms with Gasteiger partial charge in [-0.3, -0.25) is 4.98 Å². The number of aliphatic hydroxyl groups is 1. The second-order valence-corrected chi connectivity index (χ2v) is 8.12. The Balaban J connectivity index is 2.00. The minimum Gasteiger partial charge on any atom is -0.395 e. The average Bonchev–Trinajstić information content (AvgIpc) is 3.19. The lowest BCUT2D eigenvalue weighted by Gasteiger charge is -2.11. The highest BCUT2D eigenvalue weighted by Gasteiger charge is 2.30. The third kappa shape index (κ3) is 4.98. The fraction of sp³-hybridized carbons (Fsp3) is 0.115. The van der Waals surface area contributed by atoms with Gasteiger partial charge in [0.15, 0.2) is 0 Å². The van der Waals surface area contributed by atoms with E-state index in [-0.39, 0.29) is 18.8 Å². The van der Waals surface area contributed by atoms with E-state index in [1.165, 1.54) is 35.6 Å². The molecule has 0 aliphatic rings. The number of halogens is 4. The number of nitrogens with zero attached hydrogens (tertiary/aromatic N) is 1. The summed E-state index contributed by atoms with van der Waals surface area (Å²) in [7, 11) is 0. The molecule has 0 aliphatic carbocycles. The Labute approximate surface area is 192 Å². The Kier molecular flexibility index (Phi) is 6.59. The first-order chi connectivity index (χ1) is 15.9. The molecule has 0 fully saturated rings. The van der Waals surface area contributed by atoms with Crippen LogP contribution in [-0.2, 0) is 6.18 Å². The van der Waals surface area contributed by atoms with Crippen molar-refractivity contribution in [2.24, 2.45) is 0 Å². The van der Waals surface area contributed by atoms with E-state index >= 15 is 0 Å². The quantitative estimate of drug-likeness (QED) is 0.258. The highest BCUT2D eigenvalue weighted by atomic mass is 32.1. The maximum Gasteiger partial charge on any atom is 0.416 e. The largest absolute Gasteiger partial charge is 0.416 e. The molecule has 4 aromatic rings. The van der Waals surface area contributed by atoms with Crippen molar-refractivity contribution in [1.29, 1.82) is 0 Å². The van der Waals surface area contributed by atoms with Gasteiger partial charge in [0.1, 0.15) is 5.82 Å². The van der Waals surface area contributed by atoms with Gasteiger partial charge in [0, 0.05) is 34.8 Å². The van der Waals surface area contributed by atoms with Crippen LogP contribution in [0.15, 0.2) is 73.1 Å². The van der Waals surface area contributed by atoms with Gasteiger partial charge < -0.3 is 5.11 Å². The van der Waals surface area contributed by atoms with E-state index in [0.29, 0.717) is 16.0 Å². The van der Waals surface area contributed by atoms with Crippen LogP contribution in [0.1, 0.15) is 16.9 Å². The molecular weight excluding hydrogens is 450 g/mol. The van der Waals surface area contributed by atoms with Crippen LogP contribution in [0.4, 0.5) is 17.6 Å². The zero-order valence-corrected chi connectivity index (χ0v) is 18.0. The minimum atomic E-state index is -4.44. The molecule has 0 aliphatic heterocycles. The molecule has 0 unspecified atom stereocenters. The van der Waals surface area contributed by atoms with Crippen LogP contribution in [0.5, 0.6) is 0 Å². The first-order valence-electron chi connectivity index (χ1n) is 9.99. The third-order valence-corrected chi connectivity index (χ3v) is 6.08. The number of pyridine rings is 1. The standard InChI is InChI=1S/C26H17F4NOS/c27-21-10-6-19(7-11-21)25-24(18-12-14-31-15-13-18)23(22(33-25)3-1-2-16-32)17-4-8-20(9-5-17)26(28,29)30/h4-15,32H,2,16H2. The summed E-state index contributed by atoms with van der Waals surface area (Å²) in [6.45, 7) is -0.101. The lowest BCUT2D eigenvalue weighted by atomic mass is 9.93. The molecule has 0 atom stereocenters. The van der Waals surface area contributed by atoms with E-state index in [0.717, 1.165) is 33.7 Å². The van der Waals surface area contributed by atoms with Crippen molar-refractivity contribution in [3.8, 4) is 44.5 Å². The number of thiophene rings is 1. The lowest BCUT2D eigenvalue weighted by molar-refractivity contribution is -0.137. The monoisotopic (exact) mass is 467 g/mol. The number of aromatic nitrogens is 1. The summed E-state index contributed by atoms with van der Waals surface area (Å²) in [5.41, 5.74) is 2.88. The molecule has 7 heteroatoms. The molecule has 2 aromatic heterocycles. The van der Waals surface area contributed by atoms with Crippen molar-refractivity contribution in [2.45, 2.75) is 12.6 Å². The van der Waals surface area contributed by atoms with Gasteiger partial charge in [0.2, 0.25) is 0 Å². The van der Waals surface area contributed by atoms with Crippen molar-refractivity contribution < 1.29 is 22.7 Å². The van der Waals surface area contributed by atoms with Gasteiger partial charge in [-0.05, 0) is 53.1 Å². The molecular formula is C26H17F4NOS. The van der Waals surface area contributed by atoms with Crippen LogP contribution >= 0.6 is 11.3 Å². The summed E-state index contributed by atoms with van der Waals surface area (Å²) in [5.74, 6) is 5.60. The van der Waals surface area contributed by atoms with Crippen molar-refractivity contribution in [3.63, 3.8) is 0 Å². The maximum absolute atomic E-state index is 13.6. The van der Waals surface area contributed by atoms with E-state index < -0.39 is 11.7 Å². The number of hydrogen-bond donors (Lipinski definition) is 1. The molecule has 0 amide bonds. The number of rotatable bonds is 4. The van der Waals surface area contributed by atoms with Crippen LogP contribution in [0.2, 0.25) is 0 Å². The van der Waals surface area contributed by atoms with E-state index in [9.17, 15) is 17.6 Å². The van der Waals surface area contributed by atoms with E-state index in [1.807, 2.05) is 12.1 Å². The predicted molar refractivity (Wildman–Crippen MR) is 122 cm³/mol. The molecule has 0 radical (unpaired) electrons. The SMILES string of the molecule is OCCC#Cc1sc(-c2ccc(F)cc2)c(-c2ccncc2)c1-c1ccc(C(F)(F)F)cc1. The van der Waals surface area contributed by atoms with E-state index in [4.69, 9.17) is 5.11 Å². The Morgan fingerprint density at radius 1 is 0.818 bits per heavy atom. The molecule has 2 nitrogen and oxygen atoms in total. The molecule has 2 heterocycles. The second kappa shape index (κ2) is 9.57. The van der Waals surface area contributed by atoms with Crippen molar-refractivity contribution >= 4 is 11.3 Å². The highest BCUT2D eigenvalue weighted by molar-refractivity contribution is 7.17. The van der Waals surface area contributed by atoms with Gasteiger partial charge in [-0.2, -0.15) is 13.2 Å². The fourth-order valence-electron chi connectivity index (χ4n) is 3.42. The zero-order chi connectivity index (χ0) is 23.4. The fourth-order valence-corrected chi connectivity index (χ4v) is 4.64. The van der Waals surface area contributed by atoms with Gasteiger partial charge in [-0.25, -0.2) is 4.39 Å². The molecule has 4 rings (SSSR count). The summed E-state index contributed by atoms with van der Waals surface area (Å²) < 4.78 is 53.0. The van der Waals surface area contributed by atoms with E-state index in [2.05, 4.69) is 16.8 Å². The van der Waals surface area contributed by atoms with Crippen LogP contribution in [-0.4, -0.2) is 16.7 Å². The zero-order valence-electron chi connectivity index (χ0n) is 17.2. The van der Waals surface area contributed by atoms with Gasteiger partial charge in [-0.1, -0.05) is 36.1 Å². The van der Waals surface area contributed by atoms with Crippen LogP contribution in [0.25, 0.3) is 32.7 Å². The molecule has 0 saturated heterocycles. The number of hydrogen-bond acceptors (Lipinski definition) is 3. The summed E-state index contributed by atoms with van der Waals surface area (Å²) >= 11 is 1.37. The maximum atomic E-state index is 13.6. The molecule has 166 valence electrons. The van der Waals surface area contributed by atoms with Gasteiger partial charge in [-0.15, -0.1) is 11.3 Å². The molecule has 0 spiro atoms. The Hall–Kier alpha value is -3.47. The molecule has 1 N–H and O–H groups in total. The average molecular weight is 467 g/mol. The molecule has 0 saturated carbocycles. The van der Waals surface area contributed by atoms with Gasteiger partial charge in [0.05, 0.1) is 17.0 Å². The molecule has 2 aromatic carbocycles. The lowest BCUT2D eigenvalue weighted by Crippen LogP contribution is -2.04.